The first-order valence-corrected chi connectivity index (χ1v) is 18.0. The highest BCUT2D eigenvalue weighted by molar-refractivity contribution is 6.45. The first kappa shape index (κ1) is 39.5. The molecule has 0 fully saturated rings. The van der Waals surface area contributed by atoms with Crippen LogP contribution in [0.5, 0.6) is 11.5 Å². The van der Waals surface area contributed by atoms with Crippen LogP contribution in [-0.4, -0.2) is 81.0 Å². The van der Waals surface area contributed by atoms with E-state index in [4.69, 9.17) is 9.47 Å². The minimum absolute atomic E-state index is 0.0365. The number of rotatable bonds is 16. The van der Waals surface area contributed by atoms with Gasteiger partial charge in [0, 0.05) is 60.1 Å². The maximum atomic E-state index is 13.6. The van der Waals surface area contributed by atoms with Gasteiger partial charge in [-0.25, -0.2) is 9.59 Å². The zero-order valence-electron chi connectivity index (χ0n) is 31.1. The molecular formula is C43H40N4O10. The van der Waals surface area contributed by atoms with E-state index in [0.29, 0.717) is 52.4 Å². The number of aromatic nitrogens is 2. The van der Waals surface area contributed by atoms with Gasteiger partial charge in [0.15, 0.2) is 0 Å². The quantitative estimate of drug-likeness (QED) is 0.0627. The van der Waals surface area contributed by atoms with Crippen LogP contribution in [0.1, 0.15) is 38.3 Å². The molecule has 2 amide bonds. The summed E-state index contributed by atoms with van der Waals surface area (Å²) in [5.41, 5.74) is 2.99. The van der Waals surface area contributed by atoms with Crippen molar-refractivity contribution in [2.24, 2.45) is 0 Å². The summed E-state index contributed by atoms with van der Waals surface area (Å²) in [6, 6.07) is 24.2. The minimum atomic E-state index is -1.15. The lowest BCUT2D eigenvalue weighted by Crippen LogP contribution is -2.45. The van der Waals surface area contributed by atoms with Gasteiger partial charge in [-0.05, 0) is 53.9 Å². The van der Waals surface area contributed by atoms with E-state index >= 15 is 0 Å². The number of esters is 2. The van der Waals surface area contributed by atoms with Crippen LogP contribution in [0, 0.1) is 0 Å². The summed E-state index contributed by atoms with van der Waals surface area (Å²) in [5, 5.41) is 25.3. The number of nitrogens with zero attached hydrogens (tertiary/aromatic N) is 2. The van der Waals surface area contributed by atoms with Crippen LogP contribution in [-0.2, 0) is 54.6 Å². The van der Waals surface area contributed by atoms with Crippen LogP contribution in [0.4, 0.5) is 0 Å². The van der Waals surface area contributed by atoms with Crippen molar-refractivity contribution in [2.45, 2.75) is 44.4 Å². The largest absolute Gasteiger partial charge is 0.508 e. The second kappa shape index (κ2) is 17.5. The van der Waals surface area contributed by atoms with E-state index in [9.17, 15) is 39.0 Å². The molecule has 0 aliphatic carbocycles. The second-order valence-electron chi connectivity index (χ2n) is 13.4. The van der Waals surface area contributed by atoms with Crippen LogP contribution in [0.25, 0.3) is 21.8 Å². The number of aryl methyl sites for hydroxylation is 2. The SMILES string of the molecule is COC(=O)[C@H](Cc1ccc(O)cc1)NC(=O)C(=O)c1cn(CCCn2cc(C(=O)C(=O)N[C@@H](Cc3ccc(O)cc3)C(=O)OC)c3ccccc32)c2ccccc12. The normalized spacial score (nSPS) is 12.1. The molecule has 0 radical (unpaired) electrons. The number of Topliss-reactive ketones (excluding diaryl/α,β-unsaturated/α-hetero) is 2. The van der Waals surface area contributed by atoms with E-state index in [-0.39, 0.29) is 35.5 Å². The molecule has 2 heterocycles. The van der Waals surface area contributed by atoms with Crippen LogP contribution >= 0.6 is 0 Å². The number of benzene rings is 4. The fourth-order valence-electron chi connectivity index (χ4n) is 6.74. The Hall–Kier alpha value is -7.22. The zero-order valence-corrected chi connectivity index (χ0v) is 31.1. The van der Waals surface area contributed by atoms with Gasteiger partial charge < -0.3 is 39.5 Å². The maximum Gasteiger partial charge on any atom is 0.328 e. The molecule has 4 N–H and O–H groups in total. The van der Waals surface area contributed by atoms with Crippen molar-refractivity contribution in [2.75, 3.05) is 14.2 Å². The minimum Gasteiger partial charge on any atom is -0.508 e. The van der Waals surface area contributed by atoms with E-state index in [1.165, 1.54) is 38.5 Å². The number of ether oxygens (including phenoxy) is 2. The predicted octanol–water partition coefficient (Wildman–Crippen LogP) is 4.26. The molecule has 2 aromatic heterocycles. The van der Waals surface area contributed by atoms with Crippen molar-refractivity contribution in [3.8, 4) is 11.5 Å². The molecule has 14 nitrogen and oxygen atoms in total. The molecule has 0 aliphatic heterocycles. The van der Waals surface area contributed by atoms with Crippen LogP contribution < -0.4 is 10.6 Å². The highest BCUT2D eigenvalue weighted by atomic mass is 16.5. The molecule has 0 unspecified atom stereocenters. The first-order chi connectivity index (χ1) is 27.5. The number of aromatic hydroxyl groups is 2. The lowest BCUT2D eigenvalue weighted by molar-refractivity contribution is -0.145. The van der Waals surface area contributed by atoms with Crippen molar-refractivity contribution < 1.29 is 48.5 Å². The number of fused-ring (bicyclic) bond motifs is 2. The molecule has 6 aromatic rings. The molecule has 0 saturated carbocycles. The summed E-state index contributed by atoms with van der Waals surface area (Å²) in [7, 11) is 2.37. The second-order valence-corrected chi connectivity index (χ2v) is 13.4. The Morgan fingerprint density at radius 3 is 1.30 bits per heavy atom. The van der Waals surface area contributed by atoms with E-state index in [0.717, 1.165) is 0 Å². The summed E-state index contributed by atoms with van der Waals surface area (Å²) in [4.78, 5) is 78.9. The molecule has 2 atom stereocenters. The van der Waals surface area contributed by atoms with Gasteiger partial charge in [0.05, 0.1) is 25.3 Å². The third kappa shape index (κ3) is 9.02. The van der Waals surface area contributed by atoms with Crippen molar-refractivity contribution in [3.05, 3.63) is 132 Å². The molecular weight excluding hydrogens is 732 g/mol. The van der Waals surface area contributed by atoms with E-state index in [2.05, 4.69) is 10.6 Å². The number of hydrogen-bond donors (Lipinski definition) is 4. The summed E-state index contributed by atoms with van der Waals surface area (Å²) < 4.78 is 13.5. The smallest absolute Gasteiger partial charge is 0.328 e. The van der Waals surface area contributed by atoms with Crippen molar-refractivity contribution in [1.29, 1.82) is 0 Å². The Balaban J connectivity index is 1.16. The molecule has 57 heavy (non-hydrogen) atoms. The standard InChI is InChI=1S/C43H40N4O10/c1-56-42(54)34(22-26-12-16-28(48)17-13-26)44-40(52)38(50)32-24-46(36-10-5-3-8-30(32)36)20-7-21-47-25-33(31-9-4-6-11-37(31)47)39(51)41(53)45-35(43(55)57-2)23-27-14-18-29(49)19-15-27/h3-6,8-19,24-25,34-35,48-49H,7,20-23H2,1-2H3,(H,44,52)(H,45,53)/t34-,35-/m0/s1. The van der Waals surface area contributed by atoms with Gasteiger partial charge in [-0.3, -0.25) is 19.2 Å². The number of ketones is 2. The molecule has 0 aliphatic rings. The van der Waals surface area contributed by atoms with E-state index in [1.54, 1.807) is 60.9 Å². The van der Waals surface area contributed by atoms with Crippen molar-refractivity contribution >= 4 is 57.1 Å². The lowest BCUT2D eigenvalue weighted by atomic mass is 10.0. The van der Waals surface area contributed by atoms with Crippen molar-refractivity contribution in [3.63, 3.8) is 0 Å². The molecule has 14 heteroatoms. The first-order valence-electron chi connectivity index (χ1n) is 18.0. The van der Waals surface area contributed by atoms with Gasteiger partial charge in [0.2, 0.25) is 0 Å². The average molecular weight is 773 g/mol. The van der Waals surface area contributed by atoms with Gasteiger partial charge in [0.25, 0.3) is 23.4 Å². The lowest BCUT2D eigenvalue weighted by Gasteiger charge is -2.16. The number of phenols is 2. The van der Waals surface area contributed by atoms with Gasteiger partial charge in [-0.2, -0.15) is 0 Å². The molecule has 0 saturated heterocycles. The zero-order chi connectivity index (χ0) is 40.6. The number of carbonyl (C=O) groups excluding carboxylic acids is 6. The van der Waals surface area contributed by atoms with Gasteiger partial charge in [-0.1, -0.05) is 60.7 Å². The third-order valence-corrected chi connectivity index (χ3v) is 9.61. The Morgan fingerprint density at radius 1 is 0.561 bits per heavy atom. The average Bonchev–Trinajstić information content (AvgIpc) is 3.79. The number of para-hydroxylation sites is 2. The molecule has 4 aromatic carbocycles. The van der Waals surface area contributed by atoms with Gasteiger partial charge >= 0.3 is 11.9 Å². The number of amides is 2. The molecule has 6 rings (SSSR count). The summed E-state index contributed by atoms with van der Waals surface area (Å²) >= 11 is 0. The monoisotopic (exact) mass is 772 g/mol. The number of methoxy groups -OCH3 is 2. The number of carbonyl (C=O) groups is 6. The van der Waals surface area contributed by atoms with Crippen LogP contribution in [0.3, 0.4) is 0 Å². The molecule has 0 bridgehead atoms. The van der Waals surface area contributed by atoms with Gasteiger partial charge in [0.1, 0.15) is 23.6 Å². The highest BCUT2D eigenvalue weighted by Gasteiger charge is 2.29. The maximum absolute atomic E-state index is 13.6. The fourth-order valence-corrected chi connectivity index (χ4v) is 6.74. The van der Waals surface area contributed by atoms with Gasteiger partial charge in [-0.15, -0.1) is 0 Å². The Kier molecular flexibility index (Phi) is 12.1. The summed E-state index contributed by atoms with van der Waals surface area (Å²) in [5.74, 6) is -5.01. The number of phenolic OH excluding ortho intramolecular Hbond substituents is 2. The van der Waals surface area contributed by atoms with Crippen LogP contribution in [0.15, 0.2) is 109 Å². The number of hydrogen-bond acceptors (Lipinski definition) is 10. The third-order valence-electron chi connectivity index (χ3n) is 9.61. The predicted molar refractivity (Wildman–Crippen MR) is 209 cm³/mol. The molecule has 292 valence electrons. The summed E-state index contributed by atoms with van der Waals surface area (Å²) in [6.07, 6.45) is 3.79. The highest BCUT2D eigenvalue weighted by Crippen LogP contribution is 2.25. The summed E-state index contributed by atoms with van der Waals surface area (Å²) in [6.45, 7) is 0.824. The Labute approximate surface area is 326 Å². The van der Waals surface area contributed by atoms with E-state index < -0.39 is 47.4 Å². The fraction of sp³-hybridized carbons (Fsp3) is 0.209. The molecule has 0 spiro atoms. The van der Waals surface area contributed by atoms with E-state index in [1.807, 2.05) is 33.4 Å². The topological polar surface area (TPSA) is 195 Å². The van der Waals surface area contributed by atoms with Crippen molar-refractivity contribution in [1.82, 2.24) is 19.8 Å². The van der Waals surface area contributed by atoms with Crippen LogP contribution in [0.2, 0.25) is 0 Å². The Morgan fingerprint density at radius 2 is 0.930 bits per heavy atom. The Bertz CT molecular complexity index is 2290. The number of nitrogens with one attached hydrogen (secondary N) is 2.